The van der Waals surface area contributed by atoms with Crippen molar-refractivity contribution in [1.82, 2.24) is 0 Å². The average Bonchev–Trinajstić information content (AvgIpc) is 2.56. The first-order valence-electron chi connectivity index (χ1n) is 8.54. The molecule has 1 aromatic rings. The highest BCUT2D eigenvalue weighted by Gasteiger charge is 2.30. The van der Waals surface area contributed by atoms with E-state index in [0.717, 1.165) is 11.4 Å². The van der Waals surface area contributed by atoms with Crippen LogP contribution in [-0.2, 0) is 0 Å². The fourth-order valence-corrected chi connectivity index (χ4v) is 4.33. The highest BCUT2D eigenvalue weighted by molar-refractivity contribution is 8.04. The molecule has 0 spiro atoms. The van der Waals surface area contributed by atoms with Crippen molar-refractivity contribution >= 4 is 23.2 Å². The molecule has 0 unspecified atom stereocenters. The van der Waals surface area contributed by atoms with Crippen molar-refractivity contribution in [3.05, 3.63) is 47.4 Å². The maximum Gasteiger partial charge on any atom is 0.0776 e. The van der Waals surface area contributed by atoms with Crippen molar-refractivity contribution in [1.29, 1.82) is 0 Å². The number of thioether (sulfide) groups is 1. The van der Waals surface area contributed by atoms with Gasteiger partial charge in [-0.2, -0.15) is 0 Å². The summed E-state index contributed by atoms with van der Waals surface area (Å²) in [7, 11) is 0. The van der Waals surface area contributed by atoms with Crippen LogP contribution in [-0.4, -0.2) is 5.71 Å². The molecule has 1 aromatic carbocycles. The zero-order valence-electron chi connectivity index (χ0n) is 13.6. The van der Waals surface area contributed by atoms with Gasteiger partial charge in [-0.1, -0.05) is 75.6 Å². The van der Waals surface area contributed by atoms with E-state index >= 15 is 0 Å². The molecular formula is C20H25NS. The molecule has 3 rings (SSSR count). The van der Waals surface area contributed by atoms with Crippen LogP contribution >= 0.6 is 11.8 Å². The van der Waals surface area contributed by atoms with Gasteiger partial charge in [-0.3, -0.25) is 0 Å². The quantitative estimate of drug-likeness (QED) is 0.570. The number of aliphatic imine (C=N–C) groups is 1. The van der Waals surface area contributed by atoms with Crippen LogP contribution in [0.4, 0.5) is 5.69 Å². The Kier molecular flexibility index (Phi) is 4.87. The number of rotatable bonds is 6. The third-order valence-electron chi connectivity index (χ3n) is 4.56. The number of fused-ring (bicyclic) bond motifs is 2. The van der Waals surface area contributed by atoms with E-state index in [1.807, 2.05) is 11.8 Å². The maximum absolute atomic E-state index is 4.83. The summed E-state index contributed by atoms with van der Waals surface area (Å²) in [6.07, 6.45) is 14.9. The standard InChI is InChI=1S/C20H25NS/c1-3-5-12-20(13-6-4-2)14-11-17-19(15-20)22-18-10-8-7-9-16(18)21-17/h7-11,14-15H,3-6,12-13H2,1-2H3. The second-order valence-corrected chi connectivity index (χ2v) is 7.43. The molecule has 1 nitrogen and oxygen atoms in total. The largest absolute Gasteiger partial charge is 0.247 e. The van der Waals surface area contributed by atoms with Crippen molar-refractivity contribution < 1.29 is 0 Å². The second kappa shape index (κ2) is 6.87. The van der Waals surface area contributed by atoms with E-state index in [9.17, 15) is 0 Å². The molecule has 0 saturated carbocycles. The summed E-state index contributed by atoms with van der Waals surface area (Å²) in [4.78, 5) is 7.47. The molecule has 1 aliphatic carbocycles. The summed E-state index contributed by atoms with van der Waals surface area (Å²) in [5, 5.41) is 0. The molecule has 0 atom stereocenters. The van der Waals surface area contributed by atoms with Crippen LogP contribution in [0.2, 0.25) is 0 Å². The first-order chi connectivity index (χ1) is 10.8. The Morgan fingerprint density at radius 1 is 1.05 bits per heavy atom. The maximum atomic E-state index is 4.83. The van der Waals surface area contributed by atoms with Gasteiger partial charge in [0.1, 0.15) is 0 Å². The van der Waals surface area contributed by atoms with E-state index in [1.54, 1.807) is 0 Å². The van der Waals surface area contributed by atoms with Gasteiger partial charge in [0.2, 0.25) is 0 Å². The molecular weight excluding hydrogens is 286 g/mol. The Morgan fingerprint density at radius 2 is 1.77 bits per heavy atom. The molecule has 0 bridgehead atoms. The van der Waals surface area contributed by atoms with Crippen LogP contribution in [0.1, 0.15) is 52.4 Å². The van der Waals surface area contributed by atoms with Gasteiger partial charge in [-0.25, -0.2) is 4.99 Å². The van der Waals surface area contributed by atoms with Crippen molar-refractivity contribution in [3.8, 4) is 0 Å². The minimum Gasteiger partial charge on any atom is -0.247 e. The zero-order chi connectivity index (χ0) is 15.4. The van der Waals surface area contributed by atoms with Crippen LogP contribution in [0.3, 0.4) is 0 Å². The number of nitrogens with zero attached hydrogens (tertiary/aromatic N) is 1. The lowest BCUT2D eigenvalue weighted by Gasteiger charge is -2.33. The summed E-state index contributed by atoms with van der Waals surface area (Å²) >= 11 is 1.89. The first-order valence-corrected chi connectivity index (χ1v) is 9.36. The average molecular weight is 311 g/mol. The van der Waals surface area contributed by atoms with Crippen LogP contribution in [0.5, 0.6) is 0 Å². The summed E-state index contributed by atoms with van der Waals surface area (Å²) in [5.41, 5.74) is 2.51. The number of allylic oxidation sites excluding steroid dienone is 4. The van der Waals surface area contributed by atoms with Gasteiger partial charge in [0.15, 0.2) is 0 Å². The van der Waals surface area contributed by atoms with Crippen LogP contribution < -0.4 is 0 Å². The van der Waals surface area contributed by atoms with Crippen LogP contribution in [0, 0.1) is 5.41 Å². The molecule has 0 radical (unpaired) electrons. The minimum absolute atomic E-state index is 0.250. The Morgan fingerprint density at radius 3 is 2.50 bits per heavy atom. The molecule has 1 heterocycles. The molecule has 2 heteroatoms. The van der Waals surface area contributed by atoms with E-state index < -0.39 is 0 Å². The van der Waals surface area contributed by atoms with Gasteiger partial charge in [-0.15, -0.1) is 0 Å². The third-order valence-corrected chi connectivity index (χ3v) is 5.67. The number of hydrogen-bond acceptors (Lipinski definition) is 2. The number of para-hydroxylation sites is 1. The topological polar surface area (TPSA) is 12.4 Å². The first kappa shape index (κ1) is 15.6. The number of hydrogen-bond donors (Lipinski definition) is 0. The Labute approximate surface area is 138 Å². The molecule has 22 heavy (non-hydrogen) atoms. The highest BCUT2D eigenvalue weighted by Crippen LogP contribution is 2.46. The van der Waals surface area contributed by atoms with Gasteiger partial charge in [-0.05, 0) is 31.1 Å². The normalized spacial score (nSPS) is 18.3. The van der Waals surface area contributed by atoms with E-state index in [2.05, 4.69) is 56.3 Å². The van der Waals surface area contributed by atoms with Gasteiger partial charge in [0, 0.05) is 15.2 Å². The molecule has 0 N–H and O–H groups in total. The van der Waals surface area contributed by atoms with E-state index in [-0.39, 0.29) is 5.41 Å². The fourth-order valence-electron chi connectivity index (χ4n) is 3.22. The zero-order valence-corrected chi connectivity index (χ0v) is 14.5. The lowest BCUT2D eigenvalue weighted by molar-refractivity contribution is 0.384. The van der Waals surface area contributed by atoms with Crippen LogP contribution in [0.25, 0.3) is 0 Å². The summed E-state index contributed by atoms with van der Waals surface area (Å²) in [6, 6.07) is 8.46. The minimum atomic E-state index is 0.250. The fraction of sp³-hybridized carbons (Fsp3) is 0.450. The lowest BCUT2D eigenvalue weighted by atomic mass is 9.75. The molecule has 0 fully saturated rings. The van der Waals surface area contributed by atoms with E-state index in [4.69, 9.17) is 4.99 Å². The summed E-state index contributed by atoms with van der Waals surface area (Å²) in [6.45, 7) is 4.57. The molecule has 0 aromatic heterocycles. The molecule has 0 amide bonds. The SMILES string of the molecule is CCCCC1(CCCC)C=CC2=Nc3ccccc3SC2=C1. The Hall–Kier alpha value is -1.28. The predicted molar refractivity (Wildman–Crippen MR) is 98.1 cm³/mol. The van der Waals surface area contributed by atoms with Gasteiger partial charge in [0.05, 0.1) is 11.4 Å². The number of unbranched alkanes of at least 4 members (excludes halogenated alkanes) is 2. The lowest BCUT2D eigenvalue weighted by Crippen LogP contribution is -2.21. The highest BCUT2D eigenvalue weighted by atomic mass is 32.2. The molecule has 116 valence electrons. The van der Waals surface area contributed by atoms with Crippen LogP contribution in [0.15, 0.2) is 57.3 Å². The predicted octanol–water partition coefficient (Wildman–Crippen LogP) is 6.69. The Bertz CT molecular complexity index is 616. The van der Waals surface area contributed by atoms with Crippen molar-refractivity contribution in [2.45, 2.75) is 57.3 Å². The molecule has 1 aliphatic heterocycles. The van der Waals surface area contributed by atoms with Crippen molar-refractivity contribution in [2.24, 2.45) is 10.4 Å². The van der Waals surface area contributed by atoms with Gasteiger partial charge < -0.3 is 0 Å². The molecule has 0 saturated heterocycles. The number of benzene rings is 1. The van der Waals surface area contributed by atoms with Gasteiger partial charge in [0.25, 0.3) is 0 Å². The van der Waals surface area contributed by atoms with Gasteiger partial charge >= 0.3 is 0 Å². The summed E-state index contributed by atoms with van der Waals surface area (Å²) < 4.78 is 0. The Balaban J connectivity index is 1.91. The second-order valence-electron chi connectivity index (χ2n) is 6.35. The third kappa shape index (κ3) is 3.22. The summed E-state index contributed by atoms with van der Waals surface area (Å²) in [5.74, 6) is 0. The van der Waals surface area contributed by atoms with E-state index in [0.29, 0.717) is 0 Å². The van der Waals surface area contributed by atoms with E-state index in [1.165, 1.54) is 48.3 Å². The van der Waals surface area contributed by atoms with Crippen molar-refractivity contribution in [2.75, 3.05) is 0 Å². The monoisotopic (exact) mass is 311 g/mol. The molecule has 2 aliphatic rings. The smallest absolute Gasteiger partial charge is 0.0776 e. The van der Waals surface area contributed by atoms with Crippen molar-refractivity contribution in [3.63, 3.8) is 0 Å².